The van der Waals surface area contributed by atoms with Gasteiger partial charge in [0.2, 0.25) is 5.91 Å². The molecule has 0 aliphatic carbocycles. The molecular formula is C18H14F2N2OS. The maximum atomic E-state index is 13.2. The zero-order chi connectivity index (χ0) is 16.9. The Morgan fingerprint density at radius 2 is 1.62 bits per heavy atom. The number of carbonyl (C=O) groups excluding carboxylic acids is 1. The van der Waals surface area contributed by atoms with Gasteiger partial charge in [-0.1, -0.05) is 6.07 Å². The van der Waals surface area contributed by atoms with E-state index in [2.05, 4.69) is 10.6 Å². The molecule has 2 N–H and O–H groups in total. The van der Waals surface area contributed by atoms with E-state index in [1.165, 1.54) is 17.4 Å². The average Bonchev–Trinajstić information content (AvgIpc) is 3.06. The Morgan fingerprint density at radius 3 is 2.29 bits per heavy atom. The van der Waals surface area contributed by atoms with Crippen LogP contribution in [-0.2, 0) is 11.2 Å². The molecule has 122 valence electrons. The summed E-state index contributed by atoms with van der Waals surface area (Å²) in [4.78, 5) is 12.9. The van der Waals surface area contributed by atoms with Crippen LogP contribution in [0.3, 0.4) is 0 Å². The van der Waals surface area contributed by atoms with Crippen LogP contribution in [0.4, 0.5) is 25.8 Å². The largest absolute Gasteiger partial charge is 0.355 e. The quantitative estimate of drug-likeness (QED) is 0.687. The van der Waals surface area contributed by atoms with Crippen LogP contribution < -0.4 is 10.6 Å². The summed E-state index contributed by atoms with van der Waals surface area (Å²) in [7, 11) is 0. The lowest BCUT2D eigenvalue weighted by atomic mass is 10.2. The number of benzene rings is 2. The number of nitrogens with one attached hydrogen (secondary N) is 2. The summed E-state index contributed by atoms with van der Waals surface area (Å²) < 4.78 is 26.1. The van der Waals surface area contributed by atoms with Crippen LogP contribution in [0.5, 0.6) is 0 Å². The van der Waals surface area contributed by atoms with Gasteiger partial charge < -0.3 is 10.6 Å². The summed E-state index contributed by atoms with van der Waals surface area (Å²) in [5.41, 5.74) is 1.83. The molecule has 3 nitrogen and oxygen atoms in total. The Bertz CT molecular complexity index is 833. The van der Waals surface area contributed by atoms with Crippen molar-refractivity contribution in [3.63, 3.8) is 0 Å². The van der Waals surface area contributed by atoms with Crippen LogP contribution in [0.1, 0.15) is 4.88 Å². The maximum absolute atomic E-state index is 13.2. The second kappa shape index (κ2) is 7.23. The van der Waals surface area contributed by atoms with Crippen molar-refractivity contribution in [1.82, 2.24) is 0 Å². The Balaban J connectivity index is 1.60. The maximum Gasteiger partial charge on any atom is 0.229 e. The standard InChI is InChI=1S/C18H14F2N2OS/c19-16-8-7-14(10-17(16)20)21-12-3-5-13(6-4-12)22-18(23)11-15-2-1-9-24-15/h1-10,21H,11H2,(H,22,23). The molecule has 6 heteroatoms. The molecule has 3 rings (SSSR count). The van der Waals surface area contributed by atoms with Crippen molar-refractivity contribution in [2.45, 2.75) is 6.42 Å². The first-order valence-corrected chi connectivity index (χ1v) is 8.12. The van der Waals surface area contributed by atoms with Crippen molar-refractivity contribution in [3.8, 4) is 0 Å². The Labute approximate surface area is 142 Å². The second-order valence-corrected chi connectivity index (χ2v) is 6.17. The normalized spacial score (nSPS) is 10.4. The van der Waals surface area contributed by atoms with Crippen molar-refractivity contribution >= 4 is 34.3 Å². The van der Waals surface area contributed by atoms with Gasteiger partial charge in [0.25, 0.3) is 0 Å². The van der Waals surface area contributed by atoms with E-state index in [0.717, 1.165) is 17.0 Å². The van der Waals surface area contributed by atoms with E-state index in [1.807, 2.05) is 17.5 Å². The monoisotopic (exact) mass is 344 g/mol. The van der Waals surface area contributed by atoms with Gasteiger partial charge in [-0.2, -0.15) is 0 Å². The predicted octanol–water partition coefficient (Wildman–Crippen LogP) is 4.95. The van der Waals surface area contributed by atoms with Crippen LogP contribution in [0.25, 0.3) is 0 Å². The van der Waals surface area contributed by atoms with Gasteiger partial charge >= 0.3 is 0 Å². The van der Waals surface area contributed by atoms with Crippen molar-refractivity contribution < 1.29 is 13.6 Å². The van der Waals surface area contributed by atoms with Gasteiger partial charge in [-0.25, -0.2) is 8.78 Å². The second-order valence-electron chi connectivity index (χ2n) is 5.14. The number of thiophene rings is 1. The number of carbonyl (C=O) groups is 1. The summed E-state index contributed by atoms with van der Waals surface area (Å²) in [6.45, 7) is 0. The molecule has 0 atom stereocenters. The van der Waals surface area contributed by atoms with Gasteiger partial charge in [0.05, 0.1) is 6.42 Å². The third-order valence-corrected chi connectivity index (χ3v) is 4.17. The number of anilines is 3. The first-order valence-electron chi connectivity index (χ1n) is 7.24. The van der Waals surface area contributed by atoms with Crippen LogP contribution in [0.15, 0.2) is 60.0 Å². The number of rotatable bonds is 5. The molecular weight excluding hydrogens is 330 g/mol. The highest BCUT2D eigenvalue weighted by molar-refractivity contribution is 7.10. The van der Waals surface area contributed by atoms with Gasteiger partial charge in [0.1, 0.15) is 0 Å². The van der Waals surface area contributed by atoms with E-state index in [0.29, 0.717) is 23.5 Å². The van der Waals surface area contributed by atoms with Crippen LogP contribution in [0.2, 0.25) is 0 Å². The van der Waals surface area contributed by atoms with E-state index < -0.39 is 11.6 Å². The van der Waals surface area contributed by atoms with Crippen molar-refractivity contribution in [2.24, 2.45) is 0 Å². The minimum Gasteiger partial charge on any atom is -0.355 e. The fourth-order valence-electron chi connectivity index (χ4n) is 2.15. The highest BCUT2D eigenvalue weighted by Gasteiger charge is 2.06. The lowest BCUT2D eigenvalue weighted by molar-refractivity contribution is -0.115. The Hall–Kier alpha value is -2.73. The van der Waals surface area contributed by atoms with E-state index in [-0.39, 0.29) is 5.91 Å². The SMILES string of the molecule is O=C(Cc1cccs1)Nc1ccc(Nc2ccc(F)c(F)c2)cc1. The molecule has 0 radical (unpaired) electrons. The van der Waals surface area contributed by atoms with Gasteiger partial charge in [-0.3, -0.25) is 4.79 Å². The summed E-state index contributed by atoms with van der Waals surface area (Å²) in [5.74, 6) is -1.87. The predicted molar refractivity (Wildman–Crippen MR) is 92.7 cm³/mol. The fourth-order valence-corrected chi connectivity index (χ4v) is 2.86. The summed E-state index contributed by atoms with van der Waals surface area (Å²) in [6, 6.07) is 14.4. The van der Waals surface area contributed by atoms with E-state index in [9.17, 15) is 13.6 Å². The number of hydrogen-bond donors (Lipinski definition) is 2. The zero-order valence-electron chi connectivity index (χ0n) is 12.6. The van der Waals surface area contributed by atoms with E-state index in [1.54, 1.807) is 24.3 Å². The molecule has 0 bridgehead atoms. The molecule has 2 aromatic carbocycles. The number of amides is 1. The highest BCUT2D eigenvalue weighted by Crippen LogP contribution is 2.21. The molecule has 0 fully saturated rings. The van der Waals surface area contributed by atoms with Gasteiger partial charge in [0.15, 0.2) is 11.6 Å². The first kappa shape index (κ1) is 16.1. The minimum atomic E-state index is -0.905. The summed E-state index contributed by atoms with van der Waals surface area (Å²) in [6.07, 6.45) is 0.340. The molecule has 24 heavy (non-hydrogen) atoms. The third kappa shape index (κ3) is 4.17. The number of halogens is 2. The molecule has 0 spiro atoms. The van der Waals surface area contributed by atoms with Gasteiger partial charge in [-0.15, -0.1) is 11.3 Å². The van der Waals surface area contributed by atoms with Crippen LogP contribution >= 0.6 is 11.3 Å². The van der Waals surface area contributed by atoms with Crippen LogP contribution in [0, 0.1) is 11.6 Å². The molecule has 0 saturated heterocycles. The molecule has 0 aliphatic heterocycles. The van der Waals surface area contributed by atoms with Crippen LogP contribution in [-0.4, -0.2) is 5.91 Å². The third-order valence-electron chi connectivity index (χ3n) is 3.29. The molecule has 0 unspecified atom stereocenters. The van der Waals surface area contributed by atoms with Crippen molar-refractivity contribution in [3.05, 3.63) is 76.5 Å². The van der Waals surface area contributed by atoms with Crippen molar-refractivity contribution in [1.29, 1.82) is 0 Å². The zero-order valence-corrected chi connectivity index (χ0v) is 13.4. The molecule has 0 saturated carbocycles. The molecule has 1 amide bonds. The Morgan fingerprint density at radius 1 is 0.917 bits per heavy atom. The topological polar surface area (TPSA) is 41.1 Å². The van der Waals surface area contributed by atoms with E-state index in [4.69, 9.17) is 0 Å². The van der Waals surface area contributed by atoms with Gasteiger partial charge in [-0.05, 0) is 47.8 Å². The lowest BCUT2D eigenvalue weighted by Crippen LogP contribution is -2.13. The molecule has 0 aliphatic rings. The molecule has 3 aromatic rings. The smallest absolute Gasteiger partial charge is 0.229 e. The first-order chi connectivity index (χ1) is 11.6. The molecule has 1 heterocycles. The summed E-state index contributed by atoms with van der Waals surface area (Å²) >= 11 is 1.54. The lowest BCUT2D eigenvalue weighted by Gasteiger charge is -2.09. The number of hydrogen-bond acceptors (Lipinski definition) is 3. The Kier molecular flexibility index (Phi) is 4.86. The van der Waals surface area contributed by atoms with Gasteiger partial charge in [0, 0.05) is 28.0 Å². The van der Waals surface area contributed by atoms with E-state index >= 15 is 0 Å². The minimum absolute atomic E-state index is 0.0845. The fraction of sp³-hybridized carbons (Fsp3) is 0.0556. The molecule has 1 aromatic heterocycles. The highest BCUT2D eigenvalue weighted by atomic mass is 32.1. The average molecular weight is 344 g/mol. The summed E-state index contributed by atoms with van der Waals surface area (Å²) in [5, 5.41) is 7.72. The van der Waals surface area contributed by atoms with Crippen molar-refractivity contribution in [2.75, 3.05) is 10.6 Å².